The summed E-state index contributed by atoms with van der Waals surface area (Å²) >= 11 is 30.9. The first-order valence-electron chi connectivity index (χ1n) is 11.2. The molecule has 4 rings (SSSR count). The Labute approximate surface area is 249 Å². The third-order valence-electron chi connectivity index (χ3n) is 6.09. The third kappa shape index (κ3) is 6.34. The standard InChI is InChI=1S/C26H15Cl5F4N2O3/c27-14-4-2-12(36-24(39)21-20(26(21,30)31)11-1-3-15(28)16(29)8-11)9-13(14)19(38)7-10-5-17(32)22(18(33)6-10)37-25(40)23(34)35/h1-6,8-9,20-21,23H,7H2,(H,36,39)(H,37,40). The van der Waals surface area contributed by atoms with Gasteiger partial charge in [0, 0.05) is 23.6 Å². The zero-order valence-electron chi connectivity index (χ0n) is 19.7. The summed E-state index contributed by atoms with van der Waals surface area (Å²) in [6.45, 7) is 0. The van der Waals surface area contributed by atoms with Crippen molar-refractivity contribution < 1.29 is 31.9 Å². The molecule has 14 heteroatoms. The van der Waals surface area contributed by atoms with Gasteiger partial charge in [-0.05, 0) is 53.6 Å². The van der Waals surface area contributed by atoms with E-state index in [9.17, 15) is 31.9 Å². The van der Waals surface area contributed by atoms with E-state index in [1.54, 1.807) is 18.2 Å². The van der Waals surface area contributed by atoms with Crippen LogP contribution in [0.5, 0.6) is 0 Å². The molecule has 1 aliphatic carbocycles. The van der Waals surface area contributed by atoms with E-state index in [1.807, 2.05) is 0 Å². The van der Waals surface area contributed by atoms with Crippen molar-refractivity contribution in [1.29, 1.82) is 0 Å². The summed E-state index contributed by atoms with van der Waals surface area (Å²) in [5.74, 6) is -7.26. The van der Waals surface area contributed by atoms with Gasteiger partial charge in [-0.25, -0.2) is 8.78 Å². The second-order valence-electron chi connectivity index (χ2n) is 8.81. The first-order chi connectivity index (χ1) is 18.7. The van der Waals surface area contributed by atoms with E-state index in [1.165, 1.54) is 23.5 Å². The summed E-state index contributed by atoms with van der Waals surface area (Å²) in [5.41, 5.74) is -0.528. The molecule has 5 nitrogen and oxygen atoms in total. The van der Waals surface area contributed by atoms with E-state index in [0.29, 0.717) is 10.6 Å². The highest BCUT2D eigenvalue weighted by Gasteiger charge is 2.67. The smallest absolute Gasteiger partial charge is 0.315 e. The number of carbonyl (C=O) groups is 3. The van der Waals surface area contributed by atoms with Crippen molar-refractivity contribution in [3.8, 4) is 0 Å². The third-order valence-corrected chi connectivity index (χ3v) is 8.10. The molecule has 2 N–H and O–H groups in total. The van der Waals surface area contributed by atoms with E-state index in [2.05, 4.69) is 5.32 Å². The molecule has 2 unspecified atom stereocenters. The van der Waals surface area contributed by atoms with Crippen LogP contribution in [-0.2, 0) is 16.0 Å². The maximum absolute atomic E-state index is 14.3. The van der Waals surface area contributed by atoms with Crippen molar-refractivity contribution in [3.63, 3.8) is 0 Å². The number of hydrogen-bond donors (Lipinski definition) is 2. The molecule has 1 fully saturated rings. The Balaban J connectivity index is 1.49. The van der Waals surface area contributed by atoms with Crippen LogP contribution in [0, 0.1) is 17.6 Å². The van der Waals surface area contributed by atoms with Gasteiger partial charge in [0.2, 0.25) is 5.91 Å². The van der Waals surface area contributed by atoms with Crippen LogP contribution in [0.2, 0.25) is 15.1 Å². The average molecular weight is 657 g/mol. The average Bonchev–Trinajstić information content (AvgIpc) is 3.45. The summed E-state index contributed by atoms with van der Waals surface area (Å²) in [6, 6.07) is 10.2. The molecule has 3 aromatic carbocycles. The molecule has 2 atom stereocenters. The topological polar surface area (TPSA) is 75.3 Å². The minimum atomic E-state index is -3.48. The number of carbonyl (C=O) groups excluding carboxylic acids is 3. The highest BCUT2D eigenvalue weighted by atomic mass is 35.5. The second-order valence-corrected chi connectivity index (χ2v) is 11.5. The minimum Gasteiger partial charge on any atom is -0.326 e. The van der Waals surface area contributed by atoms with Gasteiger partial charge in [0.25, 0.3) is 5.91 Å². The zero-order chi connectivity index (χ0) is 29.5. The van der Waals surface area contributed by atoms with Gasteiger partial charge in [0.05, 0.1) is 21.0 Å². The molecule has 2 amide bonds. The quantitative estimate of drug-likeness (QED) is 0.146. The van der Waals surface area contributed by atoms with Crippen LogP contribution >= 0.6 is 58.0 Å². The number of benzene rings is 3. The van der Waals surface area contributed by atoms with E-state index in [-0.39, 0.29) is 26.9 Å². The fourth-order valence-electron chi connectivity index (χ4n) is 4.12. The maximum Gasteiger partial charge on any atom is 0.315 e. The molecule has 0 spiro atoms. The molecule has 0 heterocycles. The van der Waals surface area contributed by atoms with E-state index < -0.39 is 63.9 Å². The van der Waals surface area contributed by atoms with Crippen molar-refractivity contribution in [2.75, 3.05) is 10.6 Å². The van der Waals surface area contributed by atoms with Crippen LogP contribution in [0.4, 0.5) is 28.9 Å². The number of ketones is 1. The minimum absolute atomic E-state index is 0.00565. The van der Waals surface area contributed by atoms with Gasteiger partial charge in [0.15, 0.2) is 5.78 Å². The molecular formula is C26H15Cl5F4N2O3. The van der Waals surface area contributed by atoms with Gasteiger partial charge in [-0.2, -0.15) is 8.78 Å². The summed E-state index contributed by atoms with van der Waals surface area (Å²) in [4.78, 5) is 37.0. The van der Waals surface area contributed by atoms with Crippen LogP contribution < -0.4 is 10.6 Å². The Kier molecular flexibility index (Phi) is 8.92. The van der Waals surface area contributed by atoms with E-state index >= 15 is 0 Å². The number of amides is 2. The summed E-state index contributed by atoms with van der Waals surface area (Å²) in [7, 11) is 0. The highest BCUT2D eigenvalue weighted by molar-refractivity contribution is 6.53. The molecule has 210 valence electrons. The molecule has 0 aliphatic heterocycles. The van der Waals surface area contributed by atoms with Crippen molar-refractivity contribution in [2.24, 2.45) is 5.92 Å². The Morgan fingerprint density at radius 3 is 2.08 bits per heavy atom. The van der Waals surface area contributed by atoms with Crippen LogP contribution in [-0.4, -0.2) is 28.4 Å². The predicted molar refractivity (Wildman–Crippen MR) is 146 cm³/mol. The normalized spacial score (nSPS) is 17.4. The number of Topliss-reactive ketones (excluding diaryl/α,β-unsaturated/α-hetero) is 1. The van der Waals surface area contributed by atoms with E-state index in [4.69, 9.17) is 58.0 Å². The fraction of sp³-hybridized carbons (Fsp3) is 0.192. The Hall–Kier alpha value is -2.56. The number of anilines is 2. The zero-order valence-corrected chi connectivity index (χ0v) is 23.5. The number of hydrogen-bond acceptors (Lipinski definition) is 3. The van der Waals surface area contributed by atoms with Gasteiger partial charge in [-0.15, -0.1) is 23.2 Å². The molecule has 1 aliphatic rings. The molecule has 0 radical (unpaired) electrons. The first-order valence-corrected chi connectivity index (χ1v) is 13.1. The summed E-state index contributed by atoms with van der Waals surface area (Å²) in [5, 5.41) is 4.65. The Morgan fingerprint density at radius 1 is 0.850 bits per heavy atom. The first kappa shape index (κ1) is 30.4. The molecule has 0 aromatic heterocycles. The largest absolute Gasteiger partial charge is 0.326 e. The van der Waals surface area contributed by atoms with Crippen LogP contribution in [0.3, 0.4) is 0 Å². The van der Waals surface area contributed by atoms with Gasteiger partial charge in [-0.1, -0.05) is 40.9 Å². The summed E-state index contributed by atoms with van der Waals surface area (Å²) in [6.07, 6.45) is -4.02. The second kappa shape index (κ2) is 11.7. The van der Waals surface area contributed by atoms with Crippen molar-refractivity contribution in [2.45, 2.75) is 23.1 Å². The lowest BCUT2D eigenvalue weighted by Gasteiger charge is -2.11. The van der Waals surface area contributed by atoms with Crippen molar-refractivity contribution in [3.05, 3.63) is 91.9 Å². The summed E-state index contributed by atoms with van der Waals surface area (Å²) < 4.78 is 52.0. The predicted octanol–water partition coefficient (Wildman–Crippen LogP) is 8.08. The molecular weight excluding hydrogens is 642 g/mol. The van der Waals surface area contributed by atoms with Gasteiger partial charge in [0.1, 0.15) is 21.7 Å². The molecule has 0 bridgehead atoms. The monoisotopic (exact) mass is 654 g/mol. The van der Waals surface area contributed by atoms with Gasteiger partial charge >= 0.3 is 6.43 Å². The molecule has 1 saturated carbocycles. The number of rotatable bonds is 8. The van der Waals surface area contributed by atoms with E-state index in [0.717, 1.165) is 12.1 Å². The van der Waals surface area contributed by atoms with Crippen molar-refractivity contribution in [1.82, 2.24) is 0 Å². The highest BCUT2D eigenvalue weighted by Crippen LogP contribution is 2.65. The van der Waals surface area contributed by atoms with Gasteiger partial charge in [-0.3, -0.25) is 14.4 Å². The lowest BCUT2D eigenvalue weighted by atomic mass is 10.0. The van der Waals surface area contributed by atoms with Crippen LogP contribution in [0.25, 0.3) is 0 Å². The molecule has 40 heavy (non-hydrogen) atoms. The number of alkyl halides is 4. The number of halogens is 9. The van der Waals surface area contributed by atoms with Crippen LogP contribution in [0.15, 0.2) is 48.5 Å². The lowest BCUT2D eigenvalue weighted by Crippen LogP contribution is -2.21. The fourth-order valence-corrected chi connectivity index (χ4v) is 5.47. The Bertz CT molecular complexity index is 1510. The lowest BCUT2D eigenvalue weighted by molar-refractivity contribution is -0.126. The maximum atomic E-state index is 14.3. The molecule has 0 saturated heterocycles. The number of nitrogens with one attached hydrogen (secondary N) is 2. The van der Waals surface area contributed by atoms with Gasteiger partial charge < -0.3 is 10.6 Å². The van der Waals surface area contributed by atoms with Crippen LogP contribution in [0.1, 0.15) is 27.4 Å². The SMILES string of the molecule is O=C(Cc1cc(F)c(NC(=O)C(F)F)c(F)c1)c1cc(NC(=O)C2C(c3ccc(Cl)c(Cl)c3)C2(Cl)Cl)ccc1Cl. The van der Waals surface area contributed by atoms with Crippen molar-refractivity contribution >= 4 is 87.0 Å². The molecule has 3 aromatic rings. The Morgan fingerprint density at radius 2 is 1.48 bits per heavy atom.